The molecule has 0 aliphatic rings. The van der Waals surface area contributed by atoms with Crippen molar-refractivity contribution >= 4 is 28.9 Å². The van der Waals surface area contributed by atoms with Gasteiger partial charge in [0.15, 0.2) is 0 Å². The summed E-state index contributed by atoms with van der Waals surface area (Å²) in [5.74, 6) is 0.561. The van der Waals surface area contributed by atoms with Crippen molar-refractivity contribution in [2.24, 2.45) is 0 Å². The Hall–Kier alpha value is -2.71. The van der Waals surface area contributed by atoms with E-state index in [-0.39, 0.29) is 12.5 Å². The number of nitriles is 1. The molecule has 0 bridgehead atoms. The van der Waals surface area contributed by atoms with Gasteiger partial charge in [0.2, 0.25) is 5.91 Å². The third kappa shape index (κ3) is 4.38. The second-order valence-electron chi connectivity index (χ2n) is 4.89. The molecule has 0 saturated heterocycles. The number of hydrogen-bond acceptors (Lipinski definition) is 4. The number of nitrogens with zero attached hydrogens (tertiary/aromatic N) is 1. The van der Waals surface area contributed by atoms with Gasteiger partial charge < -0.3 is 15.4 Å². The molecule has 2 aromatic carbocycles. The maximum Gasteiger partial charge on any atom is 0.243 e. The minimum atomic E-state index is -0.207. The zero-order valence-corrected chi connectivity index (χ0v) is 13.6. The van der Waals surface area contributed by atoms with E-state index in [2.05, 4.69) is 10.6 Å². The van der Waals surface area contributed by atoms with Crippen LogP contribution in [-0.4, -0.2) is 19.6 Å². The van der Waals surface area contributed by atoms with Crippen LogP contribution in [0.5, 0.6) is 5.75 Å². The highest BCUT2D eigenvalue weighted by Crippen LogP contribution is 2.22. The summed E-state index contributed by atoms with van der Waals surface area (Å²) in [4.78, 5) is 12.0. The third-order valence-electron chi connectivity index (χ3n) is 3.25. The van der Waals surface area contributed by atoms with E-state index in [1.807, 2.05) is 31.2 Å². The van der Waals surface area contributed by atoms with Crippen LogP contribution < -0.4 is 15.4 Å². The van der Waals surface area contributed by atoms with Crippen molar-refractivity contribution in [3.05, 3.63) is 52.5 Å². The second kappa shape index (κ2) is 7.52. The van der Waals surface area contributed by atoms with E-state index in [0.717, 1.165) is 17.0 Å². The van der Waals surface area contributed by atoms with E-state index in [4.69, 9.17) is 21.6 Å². The first-order chi connectivity index (χ1) is 11.0. The van der Waals surface area contributed by atoms with Gasteiger partial charge in [-0.2, -0.15) is 5.26 Å². The maximum atomic E-state index is 12.0. The zero-order valence-electron chi connectivity index (χ0n) is 12.8. The van der Waals surface area contributed by atoms with Crippen molar-refractivity contribution in [3.63, 3.8) is 0 Å². The minimum Gasteiger partial charge on any atom is -0.497 e. The lowest BCUT2D eigenvalue weighted by Gasteiger charge is -2.11. The highest BCUT2D eigenvalue weighted by molar-refractivity contribution is 6.32. The second-order valence-corrected chi connectivity index (χ2v) is 5.30. The van der Waals surface area contributed by atoms with Gasteiger partial charge in [-0.1, -0.05) is 11.6 Å². The number of rotatable bonds is 5. The standard InChI is InChI=1S/C17H16ClN3O2/c1-11-7-14(23-2)5-6-16(11)20-10-17(22)21-13-4-3-12(9-19)15(18)8-13/h3-8,20H,10H2,1-2H3,(H,21,22). The number of ether oxygens (including phenoxy) is 1. The van der Waals surface area contributed by atoms with Crippen molar-refractivity contribution in [1.82, 2.24) is 0 Å². The molecule has 23 heavy (non-hydrogen) atoms. The van der Waals surface area contributed by atoms with Crippen LogP contribution in [0, 0.1) is 18.3 Å². The number of aryl methyl sites for hydroxylation is 1. The van der Waals surface area contributed by atoms with Gasteiger partial charge in [0.05, 0.1) is 24.2 Å². The highest BCUT2D eigenvalue weighted by atomic mass is 35.5. The molecule has 0 heterocycles. The molecule has 2 N–H and O–H groups in total. The summed E-state index contributed by atoms with van der Waals surface area (Å²) < 4.78 is 5.14. The van der Waals surface area contributed by atoms with E-state index >= 15 is 0 Å². The van der Waals surface area contributed by atoms with Crippen LogP contribution >= 0.6 is 11.6 Å². The molecule has 6 heteroatoms. The van der Waals surface area contributed by atoms with Crippen LogP contribution in [0.3, 0.4) is 0 Å². The lowest BCUT2D eigenvalue weighted by Crippen LogP contribution is -2.22. The predicted molar refractivity (Wildman–Crippen MR) is 91.0 cm³/mol. The smallest absolute Gasteiger partial charge is 0.243 e. The molecular weight excluding hydrogens is 314 g/mol. The Morgan fingerprint density at radius 1 is 1.30 bits per heavy atom. The number of methoxy groups -OCH3 is 1. The van der Waals surface area contributed by atoms with Gasteiger partial charge in [0.1, 0.15) is 11.8 Å². The number of hydrogen-bond donors (Lipinski definition) is 2. The largest absolute Gasteiger partial charge is 0.497 e. The normalized spacial score (nSPS) is 9.83. The van der Waals surface area contributed by atoms with Crippen LogP contribution in [-0.2, 0) is 4.79 Å². The van der Waals surface area contributed by atoms with E-state index in [9.17, 15) is 4.79 Å². The molecular formula is C17H16ClN3O2. The number of amides is 1. The average Bonchev–Trinajstić information content (AvgIpc) is 2.53. The quantitative estimate of drug-likeness (QED) is 0.879. The molecule has 0 aromatic heterocycles. The van der Waals surface area contributed by atoms with E-state index in [1.54, 1.807) is 25.3 Å². The van der Waals surface area contributed by atoms with Crippen molar-refractivity contribution in [1.29, 1.82) is 5.26 Å². The molecule has 0 fully saturated rings. The molecule has 1 amide bonds. The van der Waals surface area contributed by atoms with E-state index in [1.165, 1.54) is 0 Å². The van der Waals surface area contributed by atoms with Gasteiger partial charge in [-0.15, -0.1) is 0 Å². The van der Waals surface area contributed by atoms with Crippen molar-refractivity contribution in [2.45, 2.75) is 6.92 Å². The van der Waals surface area contributed by atoms with Gasteiger partial charge in [-0.05, 0) is 48.9 Å². The van der Waals surface area contributed by atoms with Gasteiger partial charge in [-0.3, -0.25) is 4.79 Å². The lowest BCUT2D eigenvalue weighted by atomic mass is 10.2. The number of benzene rings is 2. The van der Waals surface area contributed by atoms with Gasteiger partial charge in [0.25, 0.3) is 0 Å². The molecule has 0 aliphatic heterocycles. The number of nitrogens with one attached hydrogen (secondary N) is 2. The van der Waals surface area contributed by atoms with Gasteiger partial charge in [0, 0.05) is 11.4 Å². The minimum absolute atomic E-state index is 0.116. The van der Waals surface area contributed by atoms with Crippen LogP contribution in [0.15, 0.2) is 36.4 Å². The first-order valence-electron chi connectivity index (χ1n) is 6.91. The summed E-state index contributed by atoms with van der Waals surface area (Å²) in [5.41, 5.74) is 2.77. The molecule has 0 atom stereocenters. The predicted octanol–water partition coefficient (Wildman–Crippen LogP) is 3.58. The Labute approximate surface area is 139 Å². The van der Waals surface area contributed by atoms with Crippen molar-refractivity contribution in [2.75, 3.05) is 24.3 Å². The molecule has 0 unspecified atom stereocenters. The lowest BCUT2D eigenvalue weighted by molar-refractivity contribution is -0.114. The molecule has 0 radical (unpaired) electrons. The van der Waals surface area contributed by atoms with Crippen molar-refractivity contribution < 1.29 is 9.53 Å². The topological polar surface area (TPSA) is 74.2 Å². The Morgan fingerprint density at radius 2 is 2.09 bits per heavy atom. The van der Waals surface area contributed by atoms with Crippen molar-refractivity contribution in [3.8, 4) is 11.8 Å². The molecule has 118 valence electrons. The Balaban J connectivity index is 1.95. The fraction of sp³-hybridized carbons (Fsp3) is 0.176. The fourth-order valence-electron chi connectivity index (χ4n) is 2.03. The van der Waals surface area contributed by atoms with Crippen LogP contribution in [0.2, 0.25) is 5.02 Å². The summed E-state index contributed by atoms with van der Waals surface area (Å²) in [5, 5.41) is 14.9. The summed E-state index contributed by atoms with van der Waals surface area (Å²) >= 11 is 5.93. The SMILES string of the molecule is COc1ccc(NCC(=O)Nc2ccc(C#N)c(Cl)c2)c(C)c1. The van der Waals surface area contributed by atoms with Gasteiger partial charge in [-0.25, -0.2) is 0 Å². The van der Waals surface area contributed by atoms with E-state index in [0.29, 0.717) is 16.3 Å². The monoisotopic (exact) mass is 329 g/mol. The fourth-order valence-corrected chi connectivity index (χ4v) is 2.25. The van der Waals surface area contributed by atoms with Gasteiger partial charge >= 0.3 is 0 Å². The first-order valence-corrected chi connectivity index (χ1v) is 7.29. The molecule has 0 aliphatic carbocycles. The molecule has 2 aromatic rings. The summed E-state index contributed by atoms with van der Waals surface area (Å²) in [6, 6.07) is 12.3. The third-order valence-corrected chi connectivity index (χ3v) is 3.56. The van der Waals surface area contributed by atoms with Crippen LogP contribution in [0.1, 0.15) is 11.1 Å². The Morgan fingerprint density at radius 3 is 2.70 bits per heavy atom. The summed E-state index contributed by atoms with van der Waals surface area (Å²) in [6.45, 7) is 2.05. The molecule has 5 nitrogen and oxygen atoms in total. The number of carbonyl (C=O) groups is 1. The van der Waals surface area contributed by atoms with Crippen LogP contribution in [0.25, 0.3) is 0 Å². The Kier molecular flexibility index (Phi) is 5.45. The molecule has 0 saturated carbocycles. The number of anilines is 2. The number of halogens is 1. The average molecular weight is 330 g/mol. The zero-order chi connectivity index (χ0) is 16.8. The summed E-state index contributed by atoms with van der Waals surface area (Å²) in [6.07, 6.45) is 0. The number of carbonyl (C=O) groups excluding carboxylic acids is 1. The Bertz CT molecular complexity index is 769. The van der Waals surface area contributed by atoms with Crippen LogP contribution in [0.4, 0.5) is 11.4 Å². The maximum absolute atomic E-state index is 12.0. The van der Waals surface area contributed by atoms with E-state index < -0.39 is 0 Å². The first kappa shape index (κ1) is 16.7. The molecule has 0 spiro atoms. The highest BCUT2D eigenvalue weighted by Gasteiger charge is 2.06. The summed E-state index contributed by atoms with van der Waals surface area (Å²) in [7, 11) is 1.61. The molecule has 2 rings (SSSR count).